The van der Waals surface area contributed by atoms with Gasteiger partial charge in [0.25, 0.3) is 0 Å². The fourth-order valence-corrected chi connectivity index (χ4v) is 4.17. The third-order valence-corrected chi connectivity index (χ3v) is 5.70. The van der Waals surface area contributed by atoms with Gasteiger partial charge in [0.1, 0.15) is 16.2 Å². The van der Waals surface area contributed by atoms with Crippen molar-refractivity contribution in [3.8, 4) is 11.8 Å². The molecule has 0 spiro atoms. The van der Waals surface area contributed by atoms with Crippen molar-refractivity contribution >= 4 is 56.4 Å². The Labute approximate surface area is 169 Å². The largest absolute Gasteiger partial charge is 0.235 e. The number of aromatic nitrogens is 3. The van der Waals surface area contributed by atoms with Crippen LogP contribution in [0.2, 0.25) is 10.2 Å². The van der Waals surface area contributed by atoms with Gasteiger partial charge < -0.3 is 0 Å². The minimum Gasteiger partial charge on any atom is -0.235 e. The van der Waals surface area contributed by atoms with Crippen molar-refractivity contribution in [2.45, 2.75) is 6.92 Å². The summed E-state index contributed by atoms with van der Waals surface area (Å²) in [6, 6.07) is 17.3. The lowest BCUT2D eigenvalue weighted by molar-refractivity contribution is 0.863. The maximum absolute atomic E-state index is 9.67. The Morgan fingerprint density at radius 2 is 2.00 bits per heavy atom. The van der Waals surface area contributed by atoms with E-state index in [1.807, 2.05) is 43.3 Å². The van der Waals surface area contributed by atoms with Crippen LogP contribution in [0.4, 0.5) is 0 Å². The van der Waals surface area contributed by atoms with E-state index in [2.05, 4.69) is 16.2 Å². The SMILES string of the molecule is Cc1nn(-c2cccc(Cl)c2)c(Cl)c1C=C(C#N)c1nc2ccccc2s1. The van der Waals surface area contributed by atoms with Crippen LogP contribution < -0.4 is 0 Å². The fraction of sp³-hybridized carbons (Fsp3) is 0.0500. The zero-order valence-electron chi connectivity index (χ0n) is 14.1. The minimum atomic E-state index is 0.420. The Bertz CT molecular complexity index is 1200. The summed E-state index contributed by atoms with van der Waals surface area (Å²) in [5, 5.41) is 15.8. The van der Waals surface area contributed by atoms with Crippen molar-refractivity contribution < 1.29 is 0 Å². The number of hydrogen-bond acceptors (Lipinski definition) is 4. The fourth-order valence-electron chi connectivity index (χ4n) is 2.73. The molecule has 0 atom stereocenters. The van der Waals surface area contributed by atoms with Crippen molar-refractivity contribution in [3.05, 3.63) is 75.0 Å². The molecule has 0 amide bonds. The van der Waals surface area contributed by atoms with E-state index in [9.17, 15) is 5.26 Å². The number of nitrogens with zero attached hydrogens (tertiary/aromatic N) is 4. The summed E-state index contributed by atoms with van der Waals surface area (Å²) in [6.45, 7) is 1.85. The molecule has 0 unspecified atom stereocenters. The van der Waals surface area contributed by atoms with E-state index >= 15 is 0 Å². The molecular weight excluding hydrogens is 399 g/mol. The second kappa shape index (κ2) is 7.16. The first kappa shape index (κ1) is 17.7. The van der Waals surface area contributed by atoms with Gasteiger partial charge in [0.15, 0.2) is 0 Å². The van der Waals surface area contributed by atoms with Crippen molar-refractivity contribution in [2.75, 3.05) is 0 Å². The third-order valence-electron chi connectivity index (χ3n) is 4.03. The number of nitriles is 1. The average molecular weight is 411 g/mol. The van der Waals surface area contributed by atoms with Crippen LogP contribution in [-0.4, -0.2) is 14.8 Å². The average Bonchev–Trinajstić information content (AvgIpc) is 3.21. The molecule has 0 radical (unpaired) electrons. The van der Waals surface area contributed by atoms with Gasteiger partial charge in [0, 0.05) is 10.6 Å². The van der Waals surface area contributed by atoms with E-state index in [1.165, 1.54) is 11.3 Å². The van der Waals surface area contributed by atoms with Gasteiger partial charge in [-0.1, -0.05) is 41.4 Å². The molecule has 4 aromatic rings. The van der Waals surface area contributed by atoms with Crippen molar-refractivity contribution in [1.29, 1.82) is 5.26 Å². The highest BCUT2D eigenvalue weighted by atomic mass is 35.5. The van der Waals surface area contributed by atoms with E-state index in [0.717, 1.165) is 15.9 Å². The van der Waals surface area contributed by atoms with Gasteiger partial charge in [-0.05, 0) is 43.3 Å². The van der Waals surface area contributed by atoms with E-state index in [0.29, 0.717) is 32.0 Å². The van der Waals surface area contributed by atoms with E-state index in [-0.39, 0.29) is 0 Å². The van der Waals surface area contributed by atoms with E-state index < -0.39 is 0 Å². The monoisotopic (exact) mass is 410 g/mol. The molecule has 2 heterocycles. The molecule has 4 nitrogen and oxygen atoms in total. The first-order chi connectivity index (χ1) is 13.1. The molecule has 0 saturated carbocycles. The first-order valence-corrected chi connectivity index (χ1v) is 9.63. The minimum absolute atomic E-state index is 0.420. The topological polar surface area (TPSA) is 54.5 Å². The molecule has 2 aromatic carbocycles. The molecule has 0 fully saturated rings. The summed E-state index contributed by atoms with van der Waals surface area (Å²) in [6.07, 6.45) is 1.74. The van der Waals surface area contributed by atoms with Gasteiger partial charge >= 0.3 is 0 Å². The Balaban J connectivity index is 1.81. The molecule has 0 aliphatic heterocycles. The third kappa shape index (κ3) is 3.35. The summed E-state index contributed by atoms with van der Waals surface area (Å²) in [4.78, 5) is 4.56. The maximum atomic E-state index is 9.67. The van der Waals surface area contributed by atoms with Crippen LogP contribution in [0, 0.1) is 18.3 Å². The normalized spacial score (nSPS) is 11.7. The van der Waals surface area contributed by atoms with Crippen LogP contribution in [0.5, 0.6) is 0 Å². The molecule has 0 N–H and O–H groups in total. The lowest BCUT2D eigenvalue weighted by atomic mass is 10.2. The molecule has 132 valence electrons. The number of hydrogen-bond donors (Lipinski definition) is 0. The number of halogens is 2. The van der Waals surface area contributed by atoms with Gasteiger partial charge in [0.05, 0.1) is 27.2 Å². The number of rotatable bonds is 3. The zero-order chi connectivity index (χ0) is 19.0. The second-order valence-corrected chi connectivity index (χ2v) is 7.66. The van der Waals surface area contributed by atoms with Gasteiger partial charge in [0.2, 0.25) is 0 Å². The number of para-hydroxylation sites is 1. The molecule has 7 heteroatoms. The van der Waals surface area contributed by atoms with Crippen molar-refractivity contribution in [2.24, 2.45) is 0 Å². The summed E-state index contributed by atoms with van der Waals surface area (Å²) in [7, 11) is 0. The van der Waals surface area contributed by atoms with Gasteiger partial charge in [-0.2, -0.15) is 10.4 Å². The highest BCUT2D eigenvalue weighted by Crippen LogP contribution is 2.31. The molecular formula is C20H12Cl2N4S. The number of thiazole rings is 1. The number of fused-ring (bicyclic) bond motifs is 1. The highest BCUT2D eigenvalue weighted by molar-refractivity contribution is 7.19. The van der Waals surface area contributed by atoms with Crippen molar-refractivity contribution in [3.63, 3.8) is 0 Å². The van der Waals surface area contributed by atoms with Crippen LogP contribution >= 0.6 is 34.5 Å². The number of benzene rings is 2. The maximum Gasteiger partial charge on any atom is 0.140 e. The molecule has 0 bridgehead atoms. The van der Waals surface area contributed by atoms with Gasteiger partial charge in [-0.25, -0.2) is 9.67 Å². The van der Waals surface area contributed by atoms with Crippen LogP contribution in [-0.2, 0) is 0 Å². The summed E-state index contributed by atoms with van der Waals surface area (Å²) in [5.41, 5.74) is 3.48. The summed E-state index contributed by atoms with van der Waals surface area (Å²) < 4.78 is 2.65. The molecule has 2 aromatic heterocycles. The zero-order valence-corrected chi connectivity index (χ0v) is 16.5. The number of aryl methyl sites for hydroxylation is 1. The Hall–Kier alpha value is -2.65. The predicted octanol–water partition coefficient (Wildman–Crippen LogP) is 6.16. The van der Waals surface area contributed by atoms with Crippen LogP contribution in [0.15, 0.2) is 48.5 Å². The van der Waals surface area contributed by atoms with Crippen LogP contribution in [0.25, 0.3) is 27.6 Å². The van der Waals surface area contributed by atoms with Crippen LogP contribution in [0.3, 0.4) is 0 Å². The lowest BCUT2D eigenvalue weighted by Gasteiger charge is -2.03. The Kier molecular flexibility index (Phi) is 4.71. The smallest absolute Gasteiger partial charge is 0.140 e. The van der Waals surface area contributed by atoms with Crippen LogP contribution in [0.1, 0.15) is 16.3 Å². The number of allylic oxidation sites excluding steroid dienone is 1. The predicted molar refractivity (Wildman–Crippen MR) is 111 cm³/mol. The van der Waals surface area contributed by atoms with Gasteiger partial charge in [-0.3, -0.25) is 0 Å². The lowest BCUT2D eigenvalue weighted by Crippen LogP contribution is -1.96. The second-order valence-electron chi connectivity index (χ2n) is 5.84. The quantitative estimate of drug-likeness (QED) is 0.379. The highest BCUT2D eigenvalue weighted by Gasteiger charge is 2.16. The van der Waals surface area contributed by atoms with E-state index in [1.54, 1.807) is 22.9 Å². The Morgan fingerprint density at radius 3 is 2.74 bits per heavy atom. The standard InChI is InChI=1S/C20H12Cl2N4S/c1-12-16(19(22)26(25-12)15-6-4-5-14(21)10-15)9-13(11-23)20-24-17-7-2-3-8-18(17)27-20/h2-10H,1H3. The van der Waals surface area contributed by atoms with E-state index in [4.69, 9.17) is 23.2 Å². The molecule has 0 saturated heterocycles. The molecule has 0 aliphatic carbocycles. The molecule has 0 aliphatic rings. The van der Waals surface area contributed by atoms with Gasteiger partial charge in [-0.15, -0.1) is 11.3 Å². The van der Waals surface area contributed by atoms with Crippen molar-refractivity contribution in [1.82, 2.24) is 14.8 Å². The molecule has 4 rings (SSSR count). The summed E-state index contributed by atoms with van der Waals surface area (Å²) >= 11 is 14.1. The first-order valence-electron chi connectivity index (χ1n) is 8.05. The molecule has 27 heavy (non-hydrogen) atoms. The Morgan fingerprint density at radius 1 is 1.19 bits per heavy atom. The summed E-state index contributed by atoms with van der Waals surface area (Å²) in [5.74, 6) is 0.